The molecule has 1 aromatic carbocycles. The van der Waals surface area contributed by atoms with Crippen molar-refractivity contribution in [1.29, 1.82) is 0 Å². The largest absolute Gasteiger partial charge is 0.341 e. The molecule has 1 atom stereocenters. The van der Waals surface area contributed by atoms with Crippen molar-refractivity contribution in [1.82, 2.24) is 19.2 Å². The molecule has 1 unspecified atom stereocenters. The molecule has 0 bridgehead atoms. The molecule has 1 aromatic heterocycles. The van der Waals surface area contributed by atoms with Gasteiger partial charge in [-0.25, -0.2) is 17.7 Å². The summed E-state index contributed by atoms with van der Waals surface area (Å²) >= 11 is 0. The number of aryl methyl sites for hydroxylation is 1. The van der Waals surface area contributed by atoms with E-state index in [-0.39, 0.29) is 11.8 Å². The van der Waals surface area contributed by atoms with Gasteiger partial charge in [0.05, 0.1) is 22.8 Å². The first-order valence-electron chi connectivity index (χ1n) is 8.47. The molecule has 0 aliphatic carbocycles. The molecule has 1 aliphatic heterocycles. The summed E-state index contributed by atoms with van der Waals surface area (Å²) in [6, 6.07) is 6.51. The van der Waals surface area contributed by atoms with Crippen molar-refractivity contribution in [2.45, 2.75) is 32.2 Å². The number of aromatic amines is 1. The lowest BCUT2D eigenvalue weighted by molar-refractivity contribution is 0.250. The van der Waals surface area contributed by atoms with Crippen LogP contribution in [0.2, 0.25) is 0 Å². The number of H-pyrrole nitrogens is 1. The molecule has 6 nitrogen and oxygen atoms in total. The van der Waals surface area contributed by atoms with Gasteiger partial charge >= 0.3 is 0 Å². The molecule has 24 heavy (non-hydrogen) atoms. The molecule has 132 valence electrons. The van der Waals surface area contributed by atoms with Gasteiger partial charge in [-0.15, -0.1) is 0 Å². The first kappa shape index (κ1) is 17.4. The van der Waals surface area contributed by atoms with Crippen LogP contribution in [0.4, 0.5) is 0 Å². The van der Waals surface area contributed by atoms with Gasteiger partial charge in [0.15, 0.2) is 0 Å². The van der Waals surface area contributed by atoms with E-state index in [1.54, 1.807) is 14.1 Å². The number of hydrogen-bond acceptors (Lipinski definition) is 4. The molecular formula is C17H26N4O2S. The number of aromatic nitrogens is 2. The molecule has 2 heterocycles. The SMILES string of the molecule is Cc1ccc2nc(C3CCCN3CCCS(=O)(=O)N(C)C)[nH]c2c1. The monoisotopic (exact) mass is 350 g/mol. The van der Waals surface area contributed by atoms with Gasteiger partial charge in [0.2, 0.25) is 10.0 Å². The Morgan fingerprint density at radius 2 is 2.17 bits per heavy atom. The van der Waals surface area contributed by atoms with E-state index >= 15 is 0 Å². The third-order valence-corrected chi connectivity index (χ3v) is 6.66. The number of sulfonamides is 1. The van der Waals surface area contributed by atoms with Gasteiger partial charge < -0.3 is 4.98 Å². The topological polar surface area (TPSA) is 69.3 Å². The lowest BCUT2D eigenvalue weighted by Crippen LogP contribution is -2.30. The summed E-state index contributed by atoms with van der Waals surface area (Å²) < 4.78 is 25.1. The molecule has 3 rings (SSSR count). The van der Waals surface area contributed by atoms with Crippen molar-refractivity contribution in [3.05, 3.63) is 29.6 Å². The van der Waals surface area contributed by atoms with E-state index in [2.05, 4.69) is 28.9 Å². The van der Waals surface area contributed by atoms with Crippen molar-refractivity contribution < 1.29 is 8.42 Å². The molecule has 0 spiro atoms. The number of benzene rings is 1. The Morgan fingerprint density at radius 1 is 1.38 bits per heavy atom. The average Bonchev–Trinajstić information content (AvgIpc) is 3.12. The number of imidazole rings is 1. The van der Waals surface area contributed by atoms with Crippen molar-refractivity contribution in [2.24, 2.45) is 0 Å². The normalized spacial score (nSPS) is 19.6. The van der Waals surface area contributed by atoms with E-state index in [0.717, 1.165) is 42.8 Å². The highest BCUT2D eigenvalue weighted by Gasteiger charge is 2.28. The fourth-order valence-electron chi connectivity index (χ4n) is 3.34. The van der Waals surface area contributed by atoms with E-state index < -0.39 is 10.0 Å². The van der Waals surface area contributed by atoms with Crippen LogP contribution in [0.25, 0.3) is 11.0 Å². The Bertz CT molecular complexity index is 813. The molecule has 7 heteroatoms. The maximum atomic E-state index is 11.9. The zero-order valence-corrected chi connectivity index (χ0v) is 15.4. The molecule has 1 aliphatic rings. The summed E-state index contributed by atoms with van der Waals surface area (Å²) in [5.41, 5.74) is 3.29. The second-order valence-corrected chi connectivity index (χ2v) is 9.09. The number of nitrogens with zero attached hydrogens (tertiary/aromatic N) is 3. The van der Waals surface area contributed by atoms with E-state index in [1.165, 1.54) is 9.87 Å². The summed E-state index contributed by atoms with van der Waals surface area (Å²) in [5.74, 6) is 1.20. The quantitative estimate of drug-likeness (QED) is 0.868. The Morgan fingerprint density at radius 3 is 2.92 bits per heavy atom. The van der Waals surface area contributed by atoms with E-state index in [4.69, 9.17) is 4.98 Å². The van der Waals surface area contributed by atoms with Crippen LogP contribution in [0, 0.1) is 6.92 Å². The van der Waals surface area contributed by atoms with Crippen LogP contribution in [-0.4, -0.2) is 60.5 Å². The highest BCUT2D eigenvalue weighted by molar-refractivity contribution is 7.89. The van der Waals surface area contributed by atoms with Gasteiger partial charge in [-0.2, -0.15) is 0 Å². The standard InChI is InChI=1S/C17H26N4O2S/c1-13-7-8-14-15(12-13)19-17(18-14)16-6-4-9-21(16)10-5-11-24(22,23)20(2)3/h7-8,12,16H,4-6,9-11H2,1-3H3,(H,18,19). The van der Waals surface area contributed by atoms with E-state index in [9.17, 15) is 8.42 Å². The van der Waals surface area contributed by atoms with E-state index in [0.29, 0.717) is 6.42 Å². The van der Waals surface area contributed by atoms with Gasteiger partial charge in [-0.05, 0) is 57.0 Å². The van der Waals surface area contributed by atoms with Crippen LogP contribution in [-0.2, 0) is 10.0 Å². The predicted molar refractivity (Wildman–Crippen MR) is 96.5 cm³/mol. The van der Waals surface area contributed by atoms with Crippen molar-refractivity contribution in [3.8, 4) is 0 Å². The lowest BCUT2D eigenvalue weighted by atomic mass is 10.2. The lowest BCUT2D eigenvalue weighted by Gasteiger charge is -2.23. The highest BCUT2D eigenvalue weighted by Crippen LogP contribution is 2.31. The van der Waals surface area contributed by atoms with E-state index in [1.807, 2.05) is 6.07 Å². The summed E-state index contributed by atoms with van der Waals surface area (Å²) in [7, 11) is 0.0613. The van der Waals surface area contributed by atoms with Crippen LogP contribution in [0.3, 0.4) is 0 Å². The summed E-state index contributed by atoms with van der Waals surface area (Å²) in [4.78, 5) is 10.6. The number of rotatable bonds is 6. The van der Waals surface area contributed by atoms with Crippen LogP contribution in [0.15, 0.2) is 18.2 Å². The van der Waals surface area contributed by atoms with Gasteiger partial charge in [-0.3, -0.25) is 4.90 Å². The Labute approximate surface area is 143 Å². The molecule has 2 aromatic rings. The summed E-state index contributed by atoms with van der Waals surface area (Å²) in [6.45, 7) is 3.86. The molecule has 1 fully saturated rings. The second-order valence-electron chi connectivity index (χ2n) is 6.79. The Kier molecular flexibility index (Phi) is 4.94. The minimum Gasteiger partial charge on any atom is -0.341 e. The minimum absolute atomic E-state index is 0.197. The van der Waals surface area contributed by atoms with Crippen LogP contribution in [0.1, 0.15) is 36.7 Å². The van der Waals surface area contributed by atoms with Crippen molar-refractivity contribution in [3.63, 3.8) is 0 Å². The van der Waals surface area contributed by atoms with Crippen molar-refractivity contribution in [2.75, 3.05) is 32.9 Å². The number of likely N-dealkylation sites (tertiary alicyclic amines) is 1. The van der Waals surface area contributed by atoms with Gasteiger partial charge in [-0.1, -0.05) is 6.07 Å². The van der Waals surface area contributed by atoms with Gasteiger partial charge in [0, 0.05) is 14.1 Å². The first-order valence-corrected chi connectivity index (χ1v) is 10.1. The zero-order chi connectivity index (χ0) is 17.3. The fourth-order valence-corrected chi connectivity index (χ4v) is 4.20. The predicted octanol–water partition coefficient (Wildman–Crippen LogP) is 2.29. The average molecular weight is 350 g/mol. The third-order valence-electron chi connectivity index (χ3n) is 4.74. The first-order chi connectivity index (χ1) is 11.4. The molecule has 1 N–H and O–H groups in total. The second kappa shape index (κ2) is 6.82. The van der Waals surface area contributed by atoms with Crippen molar-refractivity contribution >= 4 is 21.1 Å². The number of hydrogen-bond donors (Lipinski definition) is 1. The highest BCUT2D eigenvalue weighted by atomic mass is 32.2. The van der Waals surface area contributed by atoms with Crippen LogP contribution in [0.5, 0.6) is 0 Å². The smallest absolute Gasteiger partial charge is 0.213 e. The van der Waals surface area contributed by atoms with Gasteiger partial charge in [0.25, 0.3) is 0 Å². The number of fused-ring (bicyclic) bond motifs is 1. The molecule has 0 amide bonds. The third kappa shape index (κ3) is 3.63. The maximum absolute atomic E-state index is 11.9. The molecular weight excluding hydrogens is 324 g/mol. The summed E-state index contributed by atoms with van der Waals surface area (Å²) in [6.07, 6.45) is 2.84. The minimum atomic E-state index is -3.11. The Balaban J connectivity index is 1.68. The Hall–Kier alpha value is -1.44. The molecule has 1 saturated heterocycles. The maximum Gasteiger partial charge on any atom is 0.213 e. The molecule has 0 radical (unpaired) electrons. The zero-order valence-electron chi connectivity index (χ0n) is 14.6. The fraction of sp³-hybridized carbons (Fsp3) is 0.588. The molecule has 0 saturated carbocycles. The number of nitrogens with one attached hydrogen (secondary N) is 1. The van der Waals surface area contributed by atoms with Crippen LogP contribution >= 0.6 is 0 Å². The summed E-state index contributed by atoms with van der Waals surface area (Å²) in [5, 5.41) is 0. The van der Waals surface area contributed by atoms with Gasteiger partial charge in [0.1, 0.15) is 5.82 Å². The van der Waals surface area contributed by atoms with Crippen LogP contribution < -0.4 is 0 Å².